The van der Waals surface area contributed by atoms with Crippen molar-refractivity contribution in [1.82, 2.24) is 0 Å². The number of ether oxygens (including phenoxy) is 1. The number of rotatable bonds is 5. The molecule has 0 unspecified atom stereocenters. The van der Waals surface area contributed by atoms with Gasteiger partial charge in [-0.05, 0) is 18.2 Å². The number of halogens is 2. The fourth-order valence-electron chi connectivity index (χ4n) is 2.73. The lowest BCUT2D eigenvalue weighted by Crippen LogP contribution is -2.27. The van der Waals surface area contributed by atoms with Crippen LogP contribution in [-0.2, 0) is 14.3 Å². The molecule has 1 saturated heterocycles. The topological polar surface area (TPSA) is 63.7 Å². The molecule has 2 aromatic rings. The molecule has 2 aromatic carbocycles. The third kappa shape index (κ3) is 4.06. The summed E-state index contributed by atoms with van der Waals surface area (Å²) in [6, 6.07) is 13.4. The number of anilines is 1. The van der Waals surface area contributed by atoms with Crippen molar-refractivity contribution in [3.8, 4) is 0 Å². The average Bonchev–Trinajstić information content (AvgIpc) is 3.04. The minimum absolute atomic E-state index is 0.0264. The van der Waals surface area contributed by atoms with Crippen LogP contribution in [0.25, 0.3) is 0 Å². The molecule has 0 N–H and O–H groups in total. The molecule has 1 heterocycles. The summed E-state index contributed by atoms with van der Waals surface area (Å²) >= 11 is 11.9. The van der Waals surface area contributed by atoms with Crippen LogP contribution >= 0.6 is 23.2 Å². The fourth-order valence-corrected chi connectivity index (χ4v) is 3.02. The van der Waals surface area contributed by atoms with Crippen LogP contribution in [0.4, 0.5) is 5.69 Å². The molecular formula is C19H15Cl2NO4. The van der Waals surface area contributed by atoms with E-state index in [9.17, 15) is 14.4 Å². The monoisotopic (exact) mass is 391 g/mol. The van der Waals surface area contributed by atoms with Crippen molar-refractivity contribution in [2.24, 2.45) is 5.92 Å². The van der Waals surface area contributed by atoms with Gasteiger partial charge in [0, 0.05) is 24.2 Å². The Labute approximate surface area is 160 Å². The number of benzene rings is 2. The Morgan fingerprint density at radius 1 is 1.08 bits per heavy atom. The van der Waals surface area contributed by atoms with Crippen LogP contribution in [0, 0.1) is 5.92 Å². The molecule has 3 rings (SSSR count). The van der Waals surface area contributed by atoms with E-state index in [1.54, 1.807) is 48.5 Å². The van der Waals surface area contributed by atoms with E-state index in [1.807, 2.05) is 0 Å². The molecule has 1 amide bonds. The van der Waals surface area contributed by atoms with E-state index in [4.69, 9.17) is 27.9 Å². The van der Waals surface area contributed by atoms with Gasteiger partial charge in [0.05, 0.1) is 16.0 Å². The van der Waals surface area contributed by atoms with E-state index >= 15 is 0 Å². The smallest absolute Gasteiger partial charge is 0.311 e. The summed E-state index contributed by atoms with van der Waals surface area (Å²) in [6.45, 7) is -0.171. The summed E-state index contributed by atoms with van der Waals surface area (Å²) in [5.74, 6) is -1.69. The number of carbonyl (C=O) groups is 3. The van der Waals surface area contributed by atoms with Crippen LogP contribution in [0.5, 0.6) is 0 Å². The summed E-state index contributed by atoms with van der Waals surface area (Å²) in [5.41, 5.74) is 1.04. The molecule has 1 aliphatic heterocycles. The zero-order valence-corrected chi connectivity index (χ0v) is 15.2. The molecule has 5 nitrogen and oxygen atoms in total. The lowest BCUT2D eigenvalue weighted by molar-refractivity contribution is -0.147. The fraction of sp³-hybridized carbons (Fsp3) is 0.211. The van der Waals surface area contributed by atoms with Gasteiger partial charge in [-0.2, -0.15) is 0 Å². The molecule has 0 aromatic heterocycles. The van der Waals surface area contributed by atoms with Crippen molar-refractivity contribution < 1.29 is 19.1 Å². The standard InChI is InChI=1S/C19H15Cl2NO4/c20-15-7-6-14(9-16(15)21)22-10-13(8-18(22)24)19(25)26-11-17(23)12-4-2-1-3-5-12/h1-7,9,13H,8,10-11H2/t13-/m0/s1. The first kappa shape index (κ1) is 18.4. The van der Waals surface area contributed by atoms with Gasteiger partial charge in [0.2, 0.25) is 5.91 Å². The van der Waals surface area contributed by atoms with Crippen LogP contribution in [-0.4, -0.2) is 30.8 Å². The van der Waals surface area contributed by atoms with Gasteiger partial charge in [-0.15, -0.1) is 0 Å². The Morgan fingerprint density at radius 2 is 1.81 bits per heavy atom. The van der Waals surface area contributed by atoms with E-state index in [1.165, 1.54) is 4.90 Å². The van der Waals surface area contributed by atoms with Crippen LogP contribution in [0.15, 0.2) is 48.5 Å². The highest BCUT2D eigenvalue weighted by Gasteiger charge is 2.36. The van der Waals surface area contributed by atoms with Crippen molar-refractivity contribution in [3.05, 3.63) is 64.1 Å². The van der Waals surface area contributed by atoms with E-state index < -0.39 is 11.9 Å². The van der Waals surface area contributed by atoms with Crippen LogP contribution in [0.3, 0.4) is 0 Å². The number of amides is 1. The van der Waals surface area contributed by atoms with Crippen molar-refractivity contribution in [2.75, 3.05) is 18.1 Å². The Morgan fingerprint density at radius 3 is 2.50 bits per heavy atom. The van der Waals surface area contributed by atoms with E-state index in [0.717, 1.165) is 0 Å². The molecule has 26 heavy (non-hydrogen) atoms. The normalized spacial score (nSPS) is 16.6. The quantitative estimate of drug-likeness (QED) is 0.574. The van der Waals surface area contributed by atoms with Crippen molar-refractivity contribution in [2.45, 2.75) is 6.42 Å². The van der Waals surface area contributed by atoms with Crippen LogP contribution in [0.1, 0.15) is 16.8 Å². The minimum Gasteiger partial charge on any atom is -0.457 e. The largest absolute Gasteiger partial charge is 0.457 e. The van der Waals surface area contributed by atoms with Gasteiger partial charge >= 0.3 is 5.97 Å². The van der Waals surface area contributed by atoms with Crippen LogP contribution in [0.2, 0.25) is 10.0 Å². The highest BCUT2D eigenvalue weighted by Crippen LogP contribution is 2.31. The maximum Gasteiger partial charge on any atom is 0.311 e. The van der Waals surface area contributed by atoms with E-state index in [0.29, 0.717) is 21.3 Å². The first-order valence-corrected chi connectivity index (χ1v) is 8.71. The van der Waals surface area contributed by atoms with Gasteiger partial charge < -0.3 is 9.64 Å². The van der Waals surface area contributed by atoms with Crippen molar-refractivity contribution in [1.29, 1.82) is 0 Å². The maximum absolute atomic E-state index is 12.2. The summed E-state index contributed by atoms with van der Waals surface area (Å²) in [7, 11) is 0. The molecule has 0 aliphatic carbocycles. The van der Waals surface area contributed by atoms with Crippen molar-refractivity contribution >= 4 is 46.5 Å². The summed E-state index contributed by atoms with van der Waals surface area (Å²) in [4.78, 5) is 37.9. The van der Waals surface area contributed by atoms with E-state index in [2.05, 4.69) is 0 Å². The SMILES string of the molecule is O=C(COC(=O)[C@H]1CC(=O)N(c2ccc(Cl)c(Cl)c2)C1)c1ccccc1. The number of nitrogens with zero attached hydrogens (tertiary/aromatic N) is 1. The zero-order valence-electron chi connectivity index (χ0n) is 13.7. The third-order valence-corrected chi connectivity index (χ3v) is 4.85. The second kappa shape index (κ2) is 7.89. The lowest BCUT2D eigenvalue weighted by atomic mass is 10.1. The van der Waals surface area contributed by atoms with Gasteiger partial charge in [0.1, 0.15) is 0 Å². The number of Topliss-reactive ketones (excluding diaryl/α,β-unsaturated/α-hetero) is 1. The number of hydrogen-bond acceptors (Lipinski definition) is 4. The maximum atomic E-state index is 12.2. The van der Waals surface area contributed by atoms with Gasteiger partial charge in [0.15, 0.2) is 12.4 Å². The molecule has 0 bridgehead atoms. The predicted octanol–water partition coefficient (Wildman–Crippen LogP) is 3.77. The molecule has 1 atom stereocenters. The first-order chi connectivity index (χ1) is 12.5. The predicted molar refractivity (Wildman–Crippen MR) is 98.7 cm³/mol. The number of hydrogen-bond donors (Lipinski definition) is 0. The number of ketones is 1. The highest BCUT2D eigenvalue weighted by molar-refractivity contribution is 6.42. The van der Waals surface area contributed by atoms with Crippen molar-refractivity contribution in [3.63, 3.8) is 0 Å². The molecule has 0 saturated carbocycles. The Kier molecular flexibility index (Phi) is 5.59. The molecular weight excluding hydrogens is 377 g/mol. The third-order valence-electron chi connectivity index (χ3n) is 4.11. The molecule has 1 aliphatic rings. The zero-order chi connectivity index (χ0) is 18.7. The molecule has 134 valence electrons. The summed E-state index contributed by atoms with van der Waals surface area (Å²) in [6.07, 6.45) is 0.0264. The molecule has 0 radical (unpaired) electrons. The highest BCUT2D eigenvalue weighted by atomic mass is 35.5. The second-order valence-corrected chi connectivity index (χ2v) is 6.72. The van der Waals surface area contributed by atoms with Gasteiger partial charge in [-0.1, -0.05) is 53.5 Å². The second-order valence-electron chi connectivity index (χ2n) is 5.90. The van der Waals surface area contributed by atoms with Crippen LogP contribution < -0.4 is 4.90 Å². The minimum atomic E-state index is -0.625. The molecule has 0 spiro atoms. The number of esters is 1. The first-order valence-electron chi connectivity index (χ1n) is 7.96. The summed E-state index contributed by atoms with van der Waals surface area (Å²) in [5, 5.41) is 0.717. The molecule has 7 heteroatoms. The van der Waals surface area contributed by atoms with Gasteiger partial charge in [0.25, 0.3) is 0 Å². The lowest BCUT2D eigenvalue weighted by Gasteiger charge is -2.17. The average molecular weight is 392 g/mol. The van der Waals surface area contributed by atoms with E-state index in [-0.39, 0.29) is 31.3 Å². The van der Waals surface area contributed by atoms with Gasteiger partial charge in [-0.25, -0.2) is 0 Å². The number of carbonyl (C=O) groups excluding carboxylic acids is 3. The molecule has 1 fully saturated rings. The summed E-state index contributed by atoms with van der Waals surface area (Å²) < 4.78 is 5.10. The van der Waals surface area contributed by atoms with Gasteiger partial charge in [-0.3, -0.25) is 14.4 Å². The Bertz CT molecular complexity index is 854. The Balaban J connectivity index is 1.60. The Hall–Kier alpha value is -2.37.